The van der Waals surface area contributed by atoms with Crippen molar-refractivity contribution in [2.24, 2.45) is 0 Å². The van der Waals surface area contributed by atoms with Gasteiger partial charge in [0.1, 0.15) is 0 Å². The molecule has 4 nitrogen and oxygen atoms in total. The molecule has 0 radical (unpaired) electrons. The Balaban J connectivity index is 1.71. The van der Waals surface area contributed by atoms with Crippen LogP contribution in [0.1, 0.15) is 5.56 Å². The second-order valence-electron chi connectivity index (χ2n) is 5.01. The van der Waals surface area contributed by atoms with Crippen LogP contribution in [0.25, 0.3) is 6.08 Å². The molecular weight excluding hydrogens is 412 g/mol. The van der Waals surface area contributed by atoms with E-state index >= 15 is 0 Å². The first-order valence-corrected chi connectivity index (χ1v) is 9.02. The SMILES string of the molecule is O=C1SC(=Cc2cccc(Cl)c2)C(=O)N1CNc1ccc(Br)cc1. The number of halogens is 2. The third-order valence-corrected chi connectivity index (χ3v) is 4.98. The lowest BCUT2D eigenvalue weighted by molar-refractivity contribution is -0.122. The summed E-state index contributed by atoms with van der Waals surface area (Å²) >= 11 is 10.2. The number of benzene rings is 2. The molecule has 2 amide bonds. The van der Waals surface area contributed by atoms with E-state index < -0.39 is 0 Å². The summed E-state index contributed by atoms with van der Waals surface area (Å²) in [6, 6.07) is 14.6. The number of thioether (sulfide) groups is 1. The van der Waals surface area contributed by atoms with Crippen molar-refractivity contribution in [3.63, 3.8) is 0 Å². The van der Waals surface area contributed by atoms with Crippen molar-refractivity contribution in [3.8, 4) is 0 Å². The first-order valence-electron chi connectivity index (χ1n) is 7.03. The second kappa shape index (κ2) is 7.42. The van der Waals surface area contributed by atoms with Gasteiger partial charge < -0.3 is 5.32 Å². The van der Waals surface area contributed by atoms with E-state index in [0.717, 1.165) is 27.5 Å². The molecule has 2 aromatic carbocycles. The van der Waals surface area contributed by atoms with Crippen LogP contribution in [0.5, 0.6) is 0 Å². The van der Waals surface area contributed by atoms with E-state index in [1.54, 1.807) is 24.3 Å². The number of nitrogens with zero attached hydrogens (tertiary/aromatic N) is 1. The summed E-state index contributed by atoms with van der Waals surface area (Å²) in [5.41, 5.74) is 1.62. The number of imide groups is 1. The van der Waals surface area contributed by atoms with E-state index in [4.69, 9.17) is 11.6 Å². The number of nitrogens with one attached hydrogen (secondary N) is 1. The highest BCUT2D eigenvalue weighted by Crippen LogP contribution is 2.32. The summed E-state index contributed by atoms with van der Waals surface area (Å²) in [7, 11) is 0. The lowest BCUT2D eigenvalue weighted by atomic mass is 10.2. The molecular formula is C17H12BrClN2O2S. The minimum absolute atomic E-state index is 0.124. The fourth-order valence-corrected chi connectivity index (χ4v) is 3.42. The molecule has 0 unspecified atom stereocenters. The quantitative estimate of drug-likeness (QED) is 0.686. The zero-order chi connectivity index (χ0) is 17.1. The number of carbonyl (C=O) groups excluding carboxylic acids is 2. The van der Waals surface area contributed by atoms with Gasteiger partial charge in [0.2, 0.25) is 0 Å². The van der Waals surface area contributed by atoms with E-state index in [9.17, 15) is 9.59 Å². The molecule has 1 N–H and O–H groups in total. The topological polar surface area (TPSA) is 49.4 Å². The molecule has 24 heavy (non-hydrogen) atoms. The minimum atomic E-state index is -0.311. The predicted molar refractivity (Wildman–Crippen MR) is 102 cm³/mol. The van der Waals surface area contributed by atoms with Crippen LogP contribution in [0.2, 0.25) is 5.02 Å². The highest BCUT2D eigenvalue weighted by atomic mass is 79.9. The Morgan fingerprint density at radius 3 is 2.62 bits per heavy atom. The molecule has 1 aliphatic heterocycles. The molecule has 122 valence electrons. The van der Waals surface area contributed by atoms with E-state index in [-0.39, 0.29) is 17.8 Å². The first kappa shape index (κ1) is 17.1. The Bertz CT molecular complexity index is 824. The molecule has 2 aromatic rings. The average Bonchev–Trinajstić information content (AvgIpc) is 2.81. The van der Waals surface area contributed by atoms with Gasteiger partial charge in [-0.3, -0.25) is 14.5 Å². The van der Waals surface area contributed by atoms with Gasteiger partial charge in [-0.1, -0.05) is 39.7 Å². The zero-order valence-corrected chi connectivity index (χ0v) is 15.5. The van der Waals surface area contributed by atoms with Gasteiger partial charge >= 0.3 is 0 Å². The number of anilines is 1. The summed E-state index contributed by atoms with van der Waals surface area (Å²) in [4.78, 5) is 26.1. The van der Waals surface area contributed by atoms with Gasteiger partial charge in [-0.2, -0.15) is 0 Å². The fraction of sp³-hybridized carbons (Fsp3) is 0.0588. The van der Waals surface area contributed by atoms with E-state index in [1.807, 2.05) is 30.3 Å². The standard InChI is InChI=1S/C17H12BrClN2O2S/c18-12-4-6-14(7-5-12)20-10-21-16(22)15(24-17(21)23)9-11-2-1-3-13(19)8-11/h1-9,20H,10H2. The van der Waals surface area contributed by atoms with Gasteiger partial charge in [0, 0.05) is 15.2 Å². The van der Waals surface area contributed by atoms with Crippen molar-refractivity contribution in [1.82, 2.24) is 4.90 Å². The van der Waals surface area contributed by atoms with Crippen molar-refractivity contribution in [3.05, 3.63) is 68.5 Å². The molecule has 1 saturated heterocycles. The fourth-order valence-electron chi connectivity index (χ4n) is 2.12. The molecule has 0 atom stereocenters. The maximum Gasteiger partial charge on any atom is 0.295 e. The Labute approximate surface area is 157 Å². The Morgan fingerprint density at radius 1 is 1.17 bits per heavy atom. The maximum atomic E-state index is 12.4. The predicted octanol–water partition coefficient (Wildman–Crippen LogP) is 5.21. The number of hydrogen-bond donors (Lipinski definition) is 1. The Morgan fingerprint density at radius 2 is 1.92 bits per heavy atom. The normalized spacial score (nSPS) is 16.1. The molecule has 0 saturated carbocycles. The Hall–Kier alpha value is -1.76. The largest absolute Gasteiger partial charge is 0.367 e. The third-order valence-electron chi connectivity index (χ3n) is 3.31. The smallest absolute Gasteiger partial charge is 0.295 e. The molecule has 1 aliphatic rings. The molecule has 7 heteroatoms. The van der Waals surface area contributed by atoms with Crippen LogP contribution in [0.4, 0.5) is 10.5 Å². The van der Waals surface area contributed by atoms with Gasteiger partial charge in [0.15, 0.2) is 0 Å². The summed E-state index contributed by atoms with van der Waals surface area (Å²) in [6.45, 7) is 0.124. The lowest BCUT2D eigenvalue weighted by Crippen LogP contribution is -2.33. The maximum absolute atomic E-state index is 12.4. The lowest BCUT2D eigenvalue weighted by Gasteiger charge is -2.14. The monoisotopic (exact) mass is 422 g/mol. The Kier molecular flexibility index (Phi) is 5.28. The number of hydrogen-bond acceptors (Lipinski definition) is 4. The highest BCUT2D eigenvalue weighted by molar-refractivity contribution is 9.10. The van der Waals surface area contributed by atoms with Gasteiger partial charge in [-0.05, 0) is 59.8 Å². The van der Waals surface area contributed by atoms with Crippen LogP contribution in [-0.4, -0.2) is 22.7 Å². The van der Waals surface area contributed by atoms with Crippen LogP contribution < -0.4 is 5.32 Å². The van der Waals surface area contributed by atoms with Crippen LogP contribution in [0.15, 0.2) is 57.9 Å². The minimum Gasteiger partial charge on any atom is -0.367 e. The van der Waals surface area contributed by atoms with Crippen molar-refractivity contribution in [1.29, 1.82) is 0 Å². The summed E-state index contributed by atoms with van der Waals surface area (Å²) < 4.78 is 0.962. The van der Waals surface area contributed by atoms with Gasteiger partial charge in [-0.15, -0.1) is 0 Å². The third kappa shape index (κ3) is 4.01. The van der Waals surface area contributed by atoms with E-state index in [1.165, 1.54) is 4.90 Å². The van der Waals surface area contributed by atoms with Crippen LogP contribution in [0, 0.1) is 0 Å². The van der Waals surface area contributed by atoms with Gasteiger partial charge in [-0.25, -0.2) is 0 Å². The molecule has 0 bridgehead atoms. The van der Waals surface area contributed by atoms with Crippen molar-refractivity contribution < 1.29 is 9.59 Å². The van der Waals surface area contributed by atoms with E-state index in [0.29, 0.717) is 9.93 Å². The zero-order valence-electron chi connectivity index (χ0n) is 12.3. The van der Waals surface area contributed by atoms with Crippen LogP contribution in [0.3, 0.4) is 0 Å². The summed E-state index contributed by atoms with van der Waals surface area (Å²) in [5.74, 6) is -0.311. The van der Waals surface area contributed by atoms with Crippen LogP contribution in [-0.2, 0) is 4.79 Å². The molecule has 0 aromatic heterocycles. The summed E-state index contributed by atoms with van der Waals surface area (Å²) in [5, 5.41) is 3.36. The molecule has 0 aliphatic carbocycles. The van der Waals surface area contributed by atoms with Crippen molar-refractivity contribution >= 4 is 62.2 Å². The number of amides is 2. The first-order chi connectivity index (χ1) is 11.5. The molecule has 0 spiro atoms. The summed E-state index contributed by atoms with van der Waals surface area (Å²) in [6.07, 6.45) is 1.68. The van der Waals surface area contributed by atoms with E-state index in [2.05, 4.69) is 21.2 Å². The van der Waals surface area contributed by atoms with Crippen molar-refractivity contribution in [2.75, 3.05) is 12.0 Å². The average molecular weight is 424 g/mol. The molecule has 3 rings (SSSR count). The number of carbonyl (C=O) groups is 2. The molecule has 1 fully saturated rings. The van der Waals surface area contributed by atoms with Crippen LogP contribution >= 0.6 is 39.3 Å². The number of rotatable bonds is 4. The second-order valence-corrected chi connectivity index (χ2v) is 7.35. The molecule has 1 heterocycles. The van der Waals surface area contributed by atoms with Gasteiger partial charge in [0.05, 0.1) is 11.6 Å². The highest BCUT2D eigenvalue weighted by Gasteiger charge is 2.34. The van der Waals surface area contributed by atoms with Crippen molar-refractivity contribution in [2.45, 2.75) is 0 Å². The van der Waals surface area contributed by atoms with Gasteiger partial charge in [0.25, 0.3) is 11.1 Å².